The van der Waals surface area contributed by atoms with Gasteiger partial charge in [0.05, 0.1) is 11.2 Å². The van der Waals surface area contributed by atoms with Gasteiger partial charge in [0, 0.05) is 23.7 Å². The zero-order chi connectivity index (χ0) is 21.2. The van der Waals surface area contributed by atoms with E-state index in [0.717, 1.165) is 6.26 Å². The Morgan fingerprint density at radius 1 is 1.28 bits per heavy atom. The summed E-state index contributed by atoms with van der Waals surface area (Å²) in [7, 11) is -3.58. The van der Waals surface area contributed by atoms with Crippen LogP contribution in [0.25, 0.3) is 0 Å². The van der Waals surface area contributed by atoms with Crippen LogP contribution in [-0.2, 0) is 33.6 Å². The first kappa shape index (κ1) is 19.3. The largest absolute Gasteiger partial charge is 0.458 e. The summed E-state index contributed by atoms with van der Waals surface area (Å²) in [6.45, 7) is 5.14. The molecule has 8 unspecified atom stereocenters. The number of aliphatic hydroxyl groups is 1. The number of epoxide rings is 1. The van der Waals surface area contributed by atoms with Gasteiger partial charge in [-0.15, -0.1) is 0 Å². The Bertz CT molecular complexity index is 1010. The van der Waals surface area contributed by atoms with Crippen molar-refractivity contribution in [3.05, 3.63) is 23.8 Å². The highest BCUT2D eigenvalue weighted by Gasteiger charge is 2.84. The molecule has 8 nitrogen and oxygen atoms in total. The van der Waals surface area contributed by atoms with Crippen molar-refractivity contribution in [2.75, 3.05) is 12.0 Å². The summed E-state index contributed by atoms with van der Waals surface area (Å²) in [5.74, 6) is -1.82. The smallest absolute Gasteiger partial charge is 0.331 e. The zero-order valence-corrected chi connectivity index (χ0v) is 17.5. The van der Waals surface area contributed by atoms with E-state index in [1.807, 2.05) is 26.0 Å². The molecule has 8 atom stereocenters. The Hall–Kier alpha value is -1.71. The minimum atomic E-state index is -3.58. The predicted molar refractivity (Wildman–Crippen MR) is 99.2 cm³/mol. The molecular weight excluding hydrogens is 400 g/mol. The summed E-state index contributed by atoms with van der Waals surface area (Å²) < 4.78 is 41.2. The molecule has 2 saturated heterocycles. The van der Waals surface area contributed by atoms with Gasteiger partial charge in [-0.3, -0.25) is 4.79 Å². The number of rotatable bonds is 3. The number of ether oxygens (including phenoxy) is 3. The first-order chi connectivity index (χ1) is 13.3. The Balaban J connectivity index is 1.67. The fourth-order valence-corrected chi connectivity index (χ4v) is 7.72. The Morgan fingerprint density at radius 2 is 1.97 bits per heavy atom. The average molecular weight is 424 g/mol. The summed E-state index contributed by atoms with van der Waals surface area (Å²) in [6, 6.07) is 0. The van der Waals surface area contributed by atoms with Gasteiger partial charge in [0.15, 0.2) is 11.7 Å². The van der Waals surface area contributed by atoms with Crippen molar-refractivity contribution < 1.29 is 37.3 Å². The molecule has 3 fully saturated rings. The number of carbonyl (C=O) groups excluding carboxylic acids is 2. The van der Waals surface area contributed by atoms with E-state index in [-0.39, 0.29) is 11.9 Å². The lowest BCUT2D eigenvalue weighted by Gasteiger charge is -2.53. The maximum absolute atomic E-state index is 12.7. The first-order valence-electron chi connectivity index (χ1n) is 9.66. The van der Waals surface area contributed by atoms with Crippen LogP contribution in [0, 0.1) is 16.7 Å². The van der Waals surface area contributed by atoms with Crippen molar-refractivity contribution in [1.82, 2.24) is 0 Å². The molecule has 0 radical (unpaired) electrons. The lowest BCUT2D eigenvalue weighted by Crippen LogP contribution is -2.64. The van der Waals surface area contributed by atoms with Crippen LogP contribution in [0.4, 0.5) is 0 Å². The third-order valence-electron chi connectivity index (χ3n) is 7.38. The highest BCUT2D eigenvalue weighted by Crippen LogP contribution is 2.72. The molecule has 5 aliphatic rings. The van der Waals surface area contributed by atoms with Gasteiger partial charge in [0.1, 0.15) is 27.6 Å². The molecule has 0 bridgehead atoms. The van der Waals surface area contributed by atoms with Crippen molar-refractivity contribution in [2.45, 2.75) is 56.7 Å². The molecule has 3 heterocycles. The number of esters is 2. The van der Waals surface area contributed by atoms with E-state index in [1.165, 1.54) is 13.0 Å². The van der Waals surface area contributed by atoms with Crippen LogP contribution >= 0.6 is 0 Å². The Morgan fingerprint density at radius 3 is 2.62 bits per heavy atom. The van der Waals surface area contributed by atoms with E-state index in [2.05, 4.69) is 0 Å². The zero-order valence-electron chi connectivity index (χ0n) is 16.7. The van der Waals surface area contributed by atoms with Gasteiger partial charge in [0.2, 0.25) is 0 Å². The molecule has 29 heavy (non-hydrogen) atoms. The first-order valence-corrected chi connectivity index (χ1v) is 11.7. The monoisotopic (exact) mass is 424 g/mol. The molecule has 1 spiro atoms. The second-order valence-electron chi connectivity index (χ2n) is 9.79. The molecule has 0 aromatic heterocycles. The van der Waals surface area contributed by atoms with Crippen molar-refractivity contribution in [2.24, 2.45) is 16.7 Å². The van der Waals surface area contributed by atoms with Gasteiger partial charge < -0.3 is 19.3 Å². The normalized spacial score (nSPS) is 49.1. The van der Waals surface area contributed by atoms with Crippen LogP contribution in [0.2, 0.25) is 0 Å². The third-order valence-corrected chi connectivity index (χ3v) is 8.49. The van der Waals surface area contributed by atoms with Crippen molar-refractivity contribution >= 4 is 21.8 Å². The van der Waals surface area contributed by atoms with Gasteiger partial charge in [0.25, 0.3) is 0 Å². The number of hydrogen-bond acceptors (Lipinski definition) is 8. The number of sulfone groups is 1. The topological polar surface area (TPSA) is 119 Å². The molecule has 0 aromatic carbocycles. The number of cyclic esters (lactones) is 1. The van der Waals surface area contributed by atoms with Gasteiger partial charge in [-0.1, -0.05) is 19.1 Å². The molecule has 9 heteroatoms. The van der Waals surface area contributed by atoms with Crippen LogP contribution < -0.4 is 0 Å². The molecule has 0 aromatic rings. The summed E-state index contributed by atoms with van der Waals surface area (Å²) in [5.41, 5.74) is -3.89. The summed E-state index contributed by atoms with van der Waals surface area (Å²) >= 11 is 0. The minimum Gasteiger partial charge on any atom is -0.458 e. The summed E-state index contributed by atoms with van der Waals surface area (Å²) in [6.07, 6.45) is 4.37. The van der Waals surface area contributed by atoms with Crippen LogP contribution in [0.3, 0.4) is 0 Å². The van der Waals surface area contributed by atoms with Crippen LogP contribution in [0.15, 0.2) is 23.8 Å². The number of carbonyl (C=O) groups is 2. The van der Waals surface area contributed by atoms with Gasteiger partial charge >= 0.3 is 11.9 Å². The molecule has 1 saturated carbocycles. The van der Waals surface area contributed by atoms with E-state index in [1.54, 1.807) is 0 Å². The van der Waals surface area contributed by atoms with Gasteiger partial charge in [-0.25, -0.2) is 13.2 Å². The van der Waals surface area contributed by atoms with Crippen LogP contribution in [0.1, 0.15) is 27.2 Å². The fraction of sp³-hybridized carbons (Fsp3) is 0.700. The van der Waals surface area contributed by atoms with Gasteiger partial charge in [-0.2, -0.15) is 0 Å². The summed E-state index contributed by atoms with van der Waals surface area (Å²) in [4.78, 5) is 25.2. The third kappa shape index (κ3) is 2.24. The molecular formula is C20H24O8S. The lowest BCUT2D eigenvalue weighted by molar-refractivity contribution is -0.168. The standard InChI is InChI=1S/C20H24O8S/c1-17-6-5-7-18(2)13(17)12(27-16(18)22)14-20(28-14)10(17)8-11(21)26-15(20)19(3,23)9-29(4,24)25/h5,7-8,12-15,23H,6,9H2,1-4H3. The predicted octanol–water partition coefficient (Wildman–Crippen LogP) is 0.299. The molecule has 1 N–H and O–H groups in total. The average Bonchev–Trinajstić information content (AvgIpc) is 3.21. The maximum atomic E-state index is 12.7. The SMILES string of the molecule is CC(O)(CS(C)(=O)=O)C1OC(=O)C=C2C3(C)CC=CC4(C)C(=O)OC(C43)C3OC231. The van der Waals surface area contributed by atoms with Crippen LogP contribution in [0.5, 0.6) is 0 Å². The fourth-order valence-electron chi connectivity index (χ4n) is 6.50. The Kier molecular flexibility index (Phi) is 3.40. The molecule has 158 valence electrons. The lowest BCUT2D eigenvalue weighted by atomic mass is 9.49. The van der Waals surface area contributed by atoms with Crippen molar-refractivity contribution in [3.8, 4) is 0 Å². The summed E-state index contributed by atoms with van der Waals surface area (Å²) in [5, 5.41) is 11.1. The van der Waals surface area contributed by atoms with E-state index in [4.69, 9.17) is 14.2 Å². The number of hydrogen-bond donors (Lipinski definition) is 1. The molecule has 3 aliphatic heterocycles. The number of fused-ring (bicyclic) bond motifs is 2. The van der Waals surface area contributed by atoms with E-state index >= 15 is 0 Å². The molecule has 5 rings (SSSR count). The highest BCUT2D eigenvalue weighted by atomic mass is 32.2. The highest BCUT2D eigenvalue weighted by molar-refractivity contribution is 7.90. The van der Waals surface area contributed by atoms with Gasteiger partial charge in [-0.05, 0) is 25.8 Å². The maximum Gasteiger partial charge on any atom is 0.331 e. The van der Waals surface area contributed by atoms with E-state index < -0.39 is 61.9 Å². The second kappa shape index (κ2) is 5.12. The minimum absolute atomic E-state index is 0.231. The molecule has 2 aliphatic carbocycles. The van der Waals surface area contributed by atoms with Crippen molar-refractivity contribution in [3.63, 3.8) is 0 Å². The molecule has 0 amide bonds. The van der Waals surface area contributed by atoms with E-state index in [0.29, 0.717) is 12.0 Å². The van der Waals surface area contributed by atoms with E-state index in [9.17, 15) is 23.1 Å². The Labute approximate surface area is 168 Å². The van der Waals surface area contributed by atoms with Crippen molar-refractivity contribution in [1.29, 1.82) is 0 Å². The second-order valence-corrected chi connectivity index (χ2v) is 11.9. The van der Waals surface area contributed by atoms with Crippen LogP contribution in [-0.4, -0.2) is 67.0 Å². The number of allylic oxidation sites excluding steroid dienone is 1. The quantitative estimate of drug-likeness (QED) is 0.390.